The zero-order valence-corrected chi connectivity index (χ0v) is 31.4. The van der Waals surface area contributed by atoms with Crippen molar-refractivity contribution in [1.29, 1.82) is 0 Å². The molecule has 0 spiro atoms. The van der Waals surface area contributed by atoms with Crippen molar-refractivity contribution in [2.45, 2.75) is 80.6 Å². The molecule has 5 atom stereocenters. The largest absolute Gasteiger partial charge is 0.506 e. The smallest absolute Gasteiger partial charge is 0.349 e. The summed E-state index contributed by atoms with van der Waals surface area (Å²) in [6.45, 7) is 2.18. The van der Waals surface area contributed by atoms with Crippen molar-refractivity contribution in [3.05, 3.63) is 107 Å². The number of H-pyrrole nitrogens is 1. The number of hydrogen-bond acceptors (Lipinski definition) is 11. The van der Waals surface area contributed by atoms with Gasteiger partial charge in [-0.2, -0.15) is 0 Å². The molecule has 0 aliphatic carbocycles. The van der Waals surface area contributed by atoms with Gasteiger partial charge in [0.05, 0.1) is 35.0 Å². The zero-order valence-electron chi connectivity index (χ0n) is 28.9. The lowest BCUT2D eigenvalue weighted by atomic mass is 9.94. The maximum atomic E-state index is 13.7. The van der Waals surface area contributed by atoms with E-state index in [1.54, 1.807) is 24.3 Å². The van der Waals surface area contributed by atoms with Gasteiger partial charge in [0.25, 0.3) is 0 Å². The van der Waals surface area contributed by atoms with Crippen LogP contribution in [-0.4, -0.2) is 87.8 Å². The molecule has 2 bridgehead atoms. The number of aromatic hydroxyl groups is 1. The summed E-state index contributed by atoms with van der Waals surface area (Å²) in [7, 11) is 2.35. The molecule has 10 nitrogen and oxygen atoms in total. The van der Waals surface area contributed by atoms with E-state index >= 15 is 0 Å². The number of carbonyl (C=O) groups is 1. The summed E-state index contributed by atoms with van der Waals surface area (Å²) < 4.78 is 13.2. The van der Waals surface area contributed by atoms with E-state index in [0.29, 0.717) is 32.8 Å². The van der Waals surface area contributed by atoms with Crippen LogP contribution >= 0.6 is 34.0 Å². The number of rotatable bonds is 15. The normalized spacial score (nSPS) is 25.6. The molecule has 3 fully saturated rings. The third-order valence-corrected chi connectivity index (χ3v) is 14.5. The molecule has 274 valence electrons. The quantitative estimate of drug-likeness (QED) is 0.0424. The Morgan fingerprint density at radius 2 is 1.67 bits per heavy atom. The number of carbonyl (C=O) groups excluding carboxylic acids is 1. The van der Waals surface area contributed by atoms with Gasteiger partial charge in [-0.15, -0.1) is 34.0 Å². The van der Waals surface area contributed by atoms with Gasteiger partial charge in [0, 0.05) is 47.0 Å². The van der Waals surface area contributed by atoms with Crippen molar-refractivity contribution >= 4 is 50.9 Å². The van der Waals surface area contributed by atoms with Gasteiger partial charge in [-0.1, -0.05) is 18.2 Å². The van der Waals surface area contributed by atoms with Crippen molar-refractivity contribution in [2.24, 2.45) is 0 Å². The highest BCUT2D eigenvalue weighted by molar-refractivity contribution is 7.12. The molecule has 5 N–H and O–H groups in total. The van der Waals surface area contributed by atoms with Crippen LogP contribution in [0.5, 0.6) is 5.75 Å². The van der Waals surface area contributed by atoms with Crippen molar-refractivity contribution in [3.8, 4) is 5.75 Å². The van der Waals surface area contributed by atoms with E-state index < -0.39 is 17.7 Å². The zero-order chi connectivity index (χ0) is 36.0. The standard InChI is InChI=1S/C39H43N3O7S3/c1-42(28-20-23(21-29(42)37-36(28)49-37)48-38(46)39(47,32-8-4-18-50-32)33-9-5-19-51-33)17-3-7-25-11-10-24(52-25)6-2-16-40-22-31(44)26-12-14-30(43)35-27(26)13-15-34(45)41-35/h4-5,8-15,18-19,23,28-29,31,36-37,40,44,47H,2-3,6-7,16-17,20-22H2,1H3,(H-,41,43,45)/p+1/t23?,28?,29?,31-,36?,37?,42?/m0/s1. The third kappa shape index (κ3) is 6.66. The van der Waals surface area contributed by atoms with Crippen LogP contribution in [0, 0.1) is 0 Å². The number of aryl methyl sites for hydroxylation is 2. The molecular formula is C39H44N3O7S3+. The lowest BCUT2D eigenvalue weighted by Crippen LogP contribution is -2.63. The molecule has 4 unspecified atom stereocenters. The van der Waals surface area contributed by atoms with Gasteiger partial charge in [-0.3, -0.25) is 4.79 Å². The molecule has 7 heterocycles. The van der Waals surface area contributed by atoms with Gasteiger partial charge in [0.15, 0.2) is 0 Å². The molecule has 8 rings (SSSR count). The Kier molecular flexibility index (Phi) is 9.89. The van der Waals surface area contributed by atoms with Gasteiger partial charge < -0.3 is 39.6 Å². The van der Waals surface area contributed by atoms with Gasteiger partial charge in [0.1, 0.15) is 36.1 Å². The summed E-state index contributed by atoms with van der Waals surface area (Å²) in [6.07, 6.45) is 4.92. The lowest BCUT2D eigenvalue weighted by Gasteiger charge is -2.48. The number of aliphatic hydroxyl groups excluding tert-OH is 1. The van der Waals surface area contributed by atoms with E-state index in [1.807, 2.05) is 34.2 Å². The maximum Gasteiger partial charge on any atom is 0.349 e. The van der Waals surface area contributed by atoms with Crippen LogP contribution in [0.2, 0.25) is 0 Å². The minimum Gasteiger partial charge on any atom is -0.506 e. The van der Waals surface area contributed by atoms with Crippen molar-refractivity contribution in [3.63, 3.8) is 0 Å². The molecule has 3 saturated heterocycles. The number of thiophene rings is 3. The highest BCUT2D eigenvalue weighted by Crippen LogP contribution is 2.53. The number of quaternary nitrogens is 1. The fraction of sp³-hybridized carbons (Fsp3) is 0.436. The van der Waals surface area contributed by atoms with Gasteiger partial charge in [-0.05, 0) is 78.5 Å². The molecule has 0 saturated carbocycles. The van der Waals surface area contributed by atoms with Gasteiger partial charge in [-0.25, -0.2) is 4.79 Å². The van der Waals surface area contributed by atoms with Gasteiger partial charge >= 0.3 is 5.97 Å². The number of phenolic OH excluding ortho intramolecular Hbond substituents is 1. The highest BCUT2D eigenvalue weighted by Gasteiger charge is 2.72. The van der Waals surface area contributed by atoms with E-state index in [0.717, 1.165) is 56.1 Å². The first-order chi connectivity index (χ1) is 25.1. The molecule has 13 heteroatoms. The van der Waals surface area contributed by atoms with Crippen LogP contribution in [-0.2, 0) is 32.7 Å². The number of phenols is 1. The number of epoxide rings is 1. The predicted molar refractivity (Wildman–Crippen MR) is 203 cm³/mol. The van der Waals surface area contributed by atoms with E-state index in [-0.39, 0.29) is 41.7 Å². The van der Waals surface area contributed by atoms with Gasteiger partial charge in [0.2, 0.25) is 11.2 Å². The third-order valence-electron chi connectivity index (χ3n) is 11.3. The van der Waals surface area contributed by atoms with Crippen LogP contribution < -0.4 is 10.9 Å². The van der Waals surface area contributed by atoms with E-state index in [1.165, 1.54) is 44.6 Å². The average molecular weight is 763 g/mol. The predicted octanol–water partition coefficient (Wildman–Crippen LogP) is 5.21. The number of esters is 1. The van der Waals surface area contributed by atoms with Crippen LogP contribution in [0.4, 0.5) is 0 Å². The number of nitrogens with zero attached hydrogens (tertiary/aromatic N) is 1. The number of aliphatic hydroxyl groups is 2. The average Bonchev–Trinajstić information content (AvgIpc) is 3.58. The second-order valence-electron chi connectivity index (χ2n) is 14.5. The summed E-state index contributed by atoms with van der Waals surface area (Å²) in [5, 5.41) is 40.4. The number of likely N-dealkylation sites (N-methyl/N-ethyl adjacent to an activating group) is 1. The first-order valence-electron chi connectivity index (χ1n) is 18.0. The van der Waals surface area contributed by atoms with E-state index in [4.69, 9.17) is 9.47 Å². The Morgan fingerprint density at radius 1 is 1.00 bits per heavy atom. The second kappa shape index (κ2) is 14.4. The minimum absolute atomic E-state index is 0.0173. The number of fused-ring (bicyclic) bond motifs is 6. The van der Waals surface area contributed by atoms with Crippen LogP contribution in [0.1, 0.15) is 56.9 Å². The molecule has 0 amide bonds. The van der Waals surface area contributed by atoms with Crippen LogP contribution in [0.25, 0.3) is 10.9 Å². The first-order valence-corrected chi connectivity index (χ1v) is 20.6. The van der Waals surface area contributed by atoms with Crippen molar-refractivity contribution in [2.75, 3.05) is 26.7 Å². The molecule has 1 aromatic carbocycles. The molecular weight excluding hydrogens is 719 g/mol. The monoisotopic (exact) mass is 762 g/mol. The Labute approximate surface area is 313 Å². The summed E-state index contributed by atoms with van der Waals surface area (Å²) in [5.41, 5.74) is -1.09. The first kappa shape index (κ1) is 35.6. The molecule has 4 aromatic heterocycles. The number of ether oxygens (including phenoxy) is 2. The van der Waals surface area contributed by atoms with E-state index in [2.05, 4.69) is 29.5 Å². The SMILES string of the molecule is C[N+]1(CCCc2ccc(CCCNC[C@H](O)c3ccc(O)c4[nH]c(=O)ccc34)s2)C2CC(OC(=O)C(O)(c3cccs3)c3cccs3)CC1C1OC12. The number of nitrogens with one attached hydrogen (secondary N) is 2. The Bertz CT molecular complexity index is 2030. The maximum absolute atomic E-state index is 13.7. The molecule has 5 aromatic rings. The fourth-order valence-electron chi connectivity index (χ4n) is 8.58. The number of aromatic nitrogens is 1. The number of pyridine rings is 1. The Balaban J connectivity index is 0.796. The molecule has 3 aliphatic rings. The molecule has 52 heavy (non-hydrogen) atoms. The summed E-state index contributed by atoms with van der Waals surface area (Å²) in [5.74, 6) is -0.604. The molecule has 3 aliphatic heterocycles. The van der Waals surface area contributed by atoms with Crippen LogP contribution in [0.15, 0.2) is 76.2 Å². The number of aromatic amines is 1. The summed E-state index contributed by atoms with van der Waals surface area (Å²) >= 11 is 4.60. The van der Waals surface area contributed by atoms with E-state index in [9.17, 15) is 24.9 Å². The van der Waals surface area contributed by atoms with Crippen molar-refractivity contribution in [1.82, 2.24) is 10.3 Å². The summed E-state index contributed by atoms with van der Waals surface area (Å²) in [6, 6.07) is 18.5. The molecule has 0 radical (unpaired) electrons. The lowest BCUT2D eigenvalue weighted by molar-refractivity contribution is -0.956. The van der Waals surface area contributed by atoms with Crippen molar-refractivity contribution < 1.29 is 34.1 Å². The Hall–Kier alpha value is -3.40. The highest BCUT2D eigenvalue weighted by atomic mass is 32.1. The Morgan fingerprint density at radius 3 is 2.33 bits per heavy atom. The van der Waals surface area contributed by atoms with Crippen LogP contribution in [0.3, 0.4) is 0 Å². The summed E-state index contributed by atoms with van der Waals surface area (Å²) in [4.78, 5) is 31.9. The number of morpholine rings is 1. The number of hydrogen-bond donors (Lipinski definition) is 5. The minimum atomic E-state index is -1.79. The second-order valence-corrected chi connectivity index (χ2v) is 17.7. The number of piperidine rings is 1. The topological polar surface area (TPSA) is 144 Å². The number of benzene rings is 1. The fourth-order valence-corrected chi connectivity index (χ4v) is 11.4.